The molecule has 4 rings (SSSR count). The summed E-state index contributed by atoms with van der Waals surface area (Å²) in [5.41, 5.74) is 4.02. The summed E-state index contributed by atoms with van der Waals surface area (Å²) >= 11 is 0. The Morgan fingerprint density at radius 1 is 1.10 bits per heavy atom. The number of carbonyl (C=O) groups is 1. The summed E-state index contributed by atoms with van der Waals surface area (Å²) in [4.78, 5) is 13.3. The molecule has 1 aliphatic carbocycles. The molecule has 29 heavy (non-hydrogen) atoms. The molecule has 1 aliphatic heterocycles. The zero-order valence-corrected chi connectivity index (χ0v) is 17.6. The van der Waals surface area contributed by atoms with Crippen molar-refractivity contribution in [3.63, 3.8) is 0 Å². The van der Waals surface area contributed by atoms with Crippen LogP contribution in [0.4, 0.5) is 5.88 Å². The number of carbonyl (C=O) groups excluding carboxylic acids is 1. The molecule has 0 unspecified atom stereocenters. The smallest absolute Gasteiger partial charge is 0.233 e. The summed E-state index contributed by atoms with van der Waals surface area (Å²) in [6.07, 6.45) is 1.25. The molecular weight excluding hydrogens is 372 g/mol. The first-order chi connectivity index (χ1) is 13.8. The zero-order chi connectivity index (χ0) is 20.9. The molecule has 2 heterocycles. The third-order valence-corrected chi connectivity index (χ3v) is 5.69. The minimum Gasteiger partial charge on any atom is -0.493 e. The van der Waals surface area contributed by atoms with Crippen molar-refractivity contribution in [2.75, 3.05) is 26.6 Å². The third-order valence-electron chi connectivity index (χ3n) is 5.69. The highest BCUT2D eigenvalue weighted by molar-refractivity contribution is 6.01. The van der Waals surface area contributed by atoms with Crippen LogP contribution in [0.1, 0.15) is 49.4 Å². The molecular formula is C22H26N2O5. The van der Waals surface area contributed by atoms with Crippen LogP contribution in [0.5, 0.6) is 17.2 Å². The fourth-order valence-corrected chi connectivity index (χ4v) is 4.47. The molecule has 0 saturated carbocycles. The van der Waals surface area contributed by atoms with Crippen LogP contribution in [-0.2, 0) is 4.79 Å². The number of anilines is 1. The number of Topliss-reactive ketones (excluding diaryl/α,β-unsaturated/α-hetero) is 1. The highest BCUT2D eigenvalue weighted by Gasteiger charge is 2.43. The van der Waals surface area contributed by atoms with Crippen molar-refractivity contribution >= 4 is 11.7 Å². The maximum absolute atomic E-state index is 13.3. The van der Waals surface area contributed by atoms with Gasteiger partial charge in [0.2, 0.25) is 11.6 Å². The number of ketones is 1. The normalized spacial score (nSPS) is 19.9. The van der Waals surface area contributed by atoms with Gasteiger partial charge >= 0.3 is 0 Å². The number of hydrogen-bond donors (Lipinski definition) is 1. The number of aryl methyl sites for hydroxylation is 1. The number of methoxy groups -OCH3 is 3. The maximum atomic E-state index is 13.3. The Bertz CT molecular complexity index is 993. The van der Waals surface area contributed by atoms with Crippen molar-refractivity contribution in [3.05, 3.63) is 40.2 Å². The summed E-state index contributed by atoms with van der Waals surface area (Å²) in [5.74, 6) is 2.01. The summed E-state index contributed by atoms with van der Waals surface area (Å²) in [7, 11) is 4.73. The fraction of sp³-hybridized carbons (Fsp3) is 0.455. The monoisotopic (exact) mass is 398 g/mol. The van der Waals surface area contributed by atoms with Crippen LogP contribution in [0.3, 0.4) is 0 Å². The Kier molecular flexibility index (Phi) is 4.56. The van der Waals surface area contributed by atoms with E-state index in [1.165, 1.54) is 0 Å². The molecule has 1 atom stereocenters. The number of hydrogen-bond acceptors (Lipinski definition) is 7. The van der Waals surface area contributed by atoms with Gasteiger partial charge in [0.15, 0.2) is 17.3 Å². The van der Waals surface area contributed by atoms with Crippen molar-refractivity contribution in [2.24, 2.45) is 5.41 Å². The molecule has 154 valence electrons. The molecule has 0 bridgehead atoms. The van der Waals surface area contributed by atoms with Gasteiger partial charge in [0.25, 0.3) is 0 Å². The molecule has 2 aromatic rings. The average molecular weight is 398 g/mol. The number of ether oxygens (including phenoxy) is 3. The van der Waals surface area contributed by atoms with E-state index in [1.807, 2.05) is 19.1 Å². The lowest BCUT2D eigenvalue weighted by atomic mass is 9.69. The molecule has 7 heteroatoms. The lowest BCUT2D eigenvalue weighted by Gasteiger charge is -2.37. The molecule has 1 aromatic heterocycles. The van der Waals surface area contributed by atoms with Gasteiger partial charge in [-0.1, -0.05) is 19.0 Å². The zero-order valence-electron chi connectivity index (χ0n) is 17.6. The highest BCUT2D eigenvalue weighted by Crippen LogP contribution is 2.52. The summed E-state index contributed by atoms with van der Waals surface area (Å²) < 4.78 is 22.1. The number of benzene rings is 1. The largest absolute Gasteiger partial charge is 0.493 e. The quantitative estimate of drug-likeness (QED) is 0.826. The number of rotatable bonds is 4. The number of aromatic nitrogens is 1. The summed E-state index contributed by atoms with van der Waals surface area (Å²) in [5, 5.41) is 7.48. The van der Waals surface area contributed by atoms with Crippen LogP contribution in [-0.4, -0.2) is 32.3 Å². The van der Waals surface area contributed by atoms with Crippen molar-refractivity contribution in [2.45, 2.75) is 39.5 Å². The topological polar surface area (TPSA) is 82.8 Å². The summed E-state index contributed by atoms with van der Waals surface area (Å²) in [6, 6.07) is 3.79. The predicted octanol–water partition coefficient (Wildman–Crippen LogP) is 4.21. The van der Waals surface area contributed by atoms with Crippen LogP contribution in [0.15, 0.2) is 27.9 Å². The SMILES string of the molecule is COc1cc([C@@H]2C3=C(CC(C)(C)CC3=O)Nc3onc(C)c32)cc(OC)c1OC. The first-order valence-electron chi connectivity index (χ1n) is 9.59. The third kappa shape index (κ3) is 3.05. The number of nitrogens with one attached hydrogen (secondary N) is 1. The van der Waals surface area contributed by atoms with E-state index in [9.17, 15) is 4.79 Å². The van der Waals surface area contributed by atoms with Gasteiger partial charge in [-0.05, 0) is 36.5 Å². The second kappa shape index (κ2) is 6.83. The summed E-state index contributed by atoms with van der Waals surface area (Å²) in [6.45, 7) is 6.09. The van der Waals surface area contributed by atoms with Crippen LogP contribution in [0.25, 0.3) is 0 Å². The number of fused-ring (bicyclic) bond motifs is 1. The Morgan fingerprint density at radius 3 is 2.34 bits per heavy atom. The van der Waals surface area contributed by atoms with Gasteiger partial charge in [-0.25, -0.2) is 0 Å². The van der Waals surface area contributed by atoms with E-state index in [0.29, 0.717) is 29.6 Å². The second-order valence-electron chi connectivity index (χ2n) is 8.36. The Balaban J connectivity index is 1.97. The van der Waals surface area contributed by atoms with E-state index < -0.39 is 0 Å². The molecule has 0 radical (unpaired) electrons. The molecule has 0 amide bonds. The number of nitrogens with zero attached hydrogens (tertiary/aromatic N) is 1. The minimum absolute atomic E-state index is 0.116. The molecule has 0 saturated heterocycles. The van der Waals surface area contributed by atoms with Gasteiger partial charge in [0.1, 0.15) is 0 Å². The Hall–Kier alpha value is -2.96. The lowest BCUT2D eigenvalue weighted by Crippen LogP contribution is -2.33. The van der Waals surface area contributed by atoms with Crippen LogP contribution >= 0.6 is 0 Å². The second-order valence-corrected chi connectivity index (χ2v) is 8.36. The van der Waals surface area contributed by atoms with Crippen LogP contribution < -0.4 is 19.5 Å². The molecule has 1 N–H and O–H groups in total. The van der Waals surface area contributed by atoms with Gasteiger partial charge in [0, 0.05) is 23.6 Å². The van der Waals surface area contributed by atoms with Crippen LogP contribution in [0.2, 0.25) is 0 Å². The molecule has 0 spiro atoms. The van der Waals surface area contributed by atoms with Gasteiger partial charge < -0.3 is 24.1 Å². The van der Waals surface area contributed by atoms with E-state index in [1.54, 1.807) is 21.3 Å². The van der Waals surface area contributed by atoms with Gasteiger partial charge in [0.05, 0.1) is 32.6 Å². The molecule has 7 nitrogen and oxygen atoms in total. The van der Waals surface area contributed by atoms with E-state index in [-0.39, 0.29) is 17.1 Å². The van der Waals surface area contributed by atoms with E-state index >= 15 is 0 Å². The van der Waals surface area contributed by atoms with Gasteiger partial charge in [-0.2, -0.15) is 0 Å². The fourth-order valence-electron chi connectivity index (χ4n) is 4.47. The predicted molar refractivity (Wildman–Crippen MR) is 108 cm³/mol. The number of allylic oxidation sites excluding steroid dienone is 2. The Morgan fingerprint density at radius 2 is 1.76 bits per heavy atom. The van der Waals surface area contributed by atoms with Crippen molar-refractivity contribution < 1.29 is 23.5 Å². The average Bonchev–Trinajstić information content (AvgIpc) is 3.04. The highest BCUT2D eigenvalue weighted by atomic mass is 16.5. The van der Waals surface area contributed by atoms with E-state index in [2.05, 4.69) is 24.3 Å². The Labute approximate surface area is 170 Å². The van der Waals surface area contributed by atoms with Crippen LogP contribution in [0, 0.1) is 12.3 Å². The minimum atomic E-state index is -0.315. The van der Waals surface area contributed by atoms with Gasteiger partial charge in [-0.15, -0.1) is 0 Å². The van der Waals surface area contributed by atoms with Crippen molar-refractivity contribution in [3.8, 4) is 17.2 Å². The van der Waals surface area contributed by atoms with E-state index in [0.717, 1.165) is 34.5 Å². The molecule has 1 aromatic carbocycles. The first kappa shape index (κ1) is 19.4. The van der Waals surface area contributed by atoms with Crippen molar-refractivity contribution in [1.29, 1.82) is 0 Å². The lowest BCUT2D eigenvalue weighted by molar-refractivity contribution is -0.118. The van der Waals surface area contributed by atoms with Gasteiger partial charge in [-0.3, -0.25) is 4.79 Å². The molecule has 2 aliphatic rings. The molecule has 0 fully saturated rings. The van der Waals surface area contributed by atoms with E-state index in [4.69, 9.17) is 18.7 Å². The maximum Gasteiger partial charge on any atom is 0.233 e. The standard InChI is InChI=1S/C22H26N2O5/c1-11-17-18(12-7-15(26-4)20(28-6)16(8-12)27-5)19-13(23-21(17)29-24-11)9-22(2,3)10-14(19)25/h7-8,18,23H,9-10H2,1-6H3/t18-/m0/s1. The first-order valence-corrected chi connectivity index (χ1v) is 9.59. The van der Waals surface area contributed by atoms with Crippen molar-refractivity contribution in [1.82, 2.24) is 5.16 Å².